The Balaban J connectivity index is 1.79. The van der Waals surface area contributed by atoms with Gasteiger partial charge in [0.15, 0.2) is 0 Å². The van der Waals surface area contributed by atoms with Crippen LogP contribution in [0.25, 0.3) is 0 Å². The summed E-state index contributed by atoms with van der Waals surface area (Å²) in [6, 6.07) is 14.6. The summed E-state index contributed by atoms with van der Waals surface area (Å²) in [6.45, 7) is 3.77. The topological polar surface area (TPSA) is 78.4 Å². The normalized spacial score (nSPS) is 11.6. The maximum atomic E-state index is 12.0. The van der Waals surface area contributed by atoms with E-state index in [2.05, 4.69) is 10.6 Å². The van der Waals surface area contributed by atoms with Gasteiger partial charge >= 0.3 is 0 Å². The average Bonchev–Trinajstić information content (AvgIpc) is 2.58. The second kappa shape index (κ2) is 8.26. The quantitative estimate of drug-likeness (QED) is 0.758. The van der Waals surface area contributed by atoms with Gasteiger partial charge in [-0.1, -0.05) is 42.0 Å². The second-order valence-corrected chi connectivity index (χ2v) is 5.73. The summed E-state index contributed by atoms with van der Waals surface area (Å²) in [7, 11) is 0. The van der Waals surface area contributed by atoms with E-state index < -0.39 is 6.10 Å². The summed E-state index contributed by atoms with van der Waals surface area (Å²) in [5.41, 5.74) is 3.24. The van der Waals surface area contributed by atoms with E-state index in [0.29, 0.717) is 5.56 Å². The Labute approximate surface area is 141 Å². The minimum atomic E-state index is -0.775. The number of carbonyl (C=O) groups is 2. The van der Waals surface area contributed by atoms with Gasteiger partial charge in [-0.3, -0.25) is 9.59 Å². The third-order valence-electron chi connectivity index (χ3n) is 3.73. The molecule has 0 saturated carbocycles. The van der Waals surface area contributed by atoms with Crippen LogP contribution in [0.1, 0.15) is 33.2 Å². The zero-order chi connectivity index (χ0) is 17.5. The summed E-state index contributed by atoms with van der Waals surface area (Å²) in [6.07, 6.45) is -0.775. The van der Waals surface area contributed by atoms with E-state index in [1.807, 2.05) is 44.2 Å². The van der Waals surface area contributed by atoms with E-state index in [4.69, 9.17) is 0 Å². The summed E-state index contributed by atoms with van der Waals surface area (Å²) in [4.78, 5) is 23.8. The zero-order valence-corrected chi connectivity index (χ0v) is 13.9. The maximum absolute atomic E-state index is 12.0. The van der Waals surface area contributed by atoms with Gasteiger partial charge in [0, 0.05) is 12.1 Å². The van der Waals surface area contributed by atoms with Crippen molar-refractivity contribution >= 4 is 11.8 Å². The smallest absolute Gasteiger partial charge is 0.251 e. The van der Waals surface area contributed by atoms with Crippen LogP contribution in [0.2, 0.25) is 0 Å². The number of benzene rings is 2. The molecule has 5 heteroatoms. The molecule has 2 rings (SSSR count). The molecule has 3 N–H and O–H groups in total. The first-order chi connectivity index (χ1) is 11.5. The molecule has 0 fully saturated rings. The highest BCUT2D eigenvalue weighted by molar-refractivity contribution is 5.96. The standard InChI is InChI=1S/C19H22N2O3/c1-13-6-5-8-15(10-13)19(24)21-12-18(23)20-11-17(22)16-9-4-3-7-14(16)2/h3-10,17,22H,11-12H2,1-2H3,(H,20,23)(H,21,24). The second-order valence-electron chi connectivity index (χ2n) is 5.73. The fraction of sp³-hybridized carbons (Fsp3) is 0.263. The van der Waals surface area contributed by atoms with Crippen LogP contribution in [0.15, 0.2) is 48.5 Å². The molecule has 0 aliphatic carbocycles. The number of aryl methyl sites for hydroxylation is 2. The summed E-state index contributed by atoms with van der Waals surface area (Å²) < 4.78 is 0. The Kier molecular flexibility index (Phi) is 6.09. The number of hydrogen-bond acceptors (Lipinski definition) is 3. The molecular weight excluding hydrogens is 304 g/mol. The number of nitrogens with one attached hydrogen (secondary N) is 2. The molecule has 1 atom stereocenters. The SMILES string of the molecule is Cc1cccc(C(=O)NCC(=O)NCC(O)c2ccccc2C)c1. The van der Waals surface area contributed by atoms with Gasteiger partial charge in [-0.15, -0.1) is 0 Å². The number of amides is 2. The Bertz CT molecular complexity index is 728. The number of hydrogen-bond donors (Lipinski definition) is 3. The molecule has 0 spiro atoms. The highest BCUT2D eigenvalue weighted by atomic mass is 16.3. The van der Waals surface area contributed by atoms with E-state index in [-0.39, 0.29) is 24.9 Å². The van der Waals surface area contributed by atoms with Crippen molar-refractivity contribution < 1.29 is 14.7 Å². The number of carbonyl (C=O) groups excluding carboxylic acids is 2. The van der Waals surface area contributed by atoms with Crippen LogP contribution < -0.4 is 10.6 Å². The van der Waals surface area contributed by atoms with Crippen LogP contribution in [0, 0.1) is 13.8 Å². The Morgan fingerprint density at radius 1 is 1.04 bits per heavy atom. The zero-order valence-electron chi connectivity index (χ0n) is 13.9. The molecule has 0 aliphatic rings. The van der Waals surface area contributed by atoms with Crippen molar-refractivity contribution in [2.75, 3.05) is 13.1 Å². The number of aliphatic hydroxyl groups excluding tert-OH is 1. The molecular formula is C19H22N2O3. The van der Waals surface area contributed by atoms with Gasteiger partial charge in [-0.25, -0.2) is 0 Å². The molecule has 0 radical (unpaired) electrons. The van der Waals surface area contributed by atoms with Crippen molar-refractivity contribution in [1.29, 1.82) is 0 Å². The van der Waals surface area contributed by atoms with Gasteiger partial charge in [-0.2, -0.15) is 0 Å². The summed E-state index contributed by atoms with van der Waals surface area (Å²) >= 11 is 0. The van der Waals surface area contributed by atoms with Crippen LogP contribution in [0.5, 0.6) is 0 Å². The lowest BCUT2D eigenvalue weighted by Crippen LogP contribution is -2.38. The molecule has 0 heterocycles. The molecule has 126 valence electrons. The van der Waals surface area contributed by atoms with Crippen LogP contribution in [-0.2, 0) is 4.79 Å². The molecule has 0 bridgehead atoms. The van der Waals surface area contributed by atoms with E-state index in [0.717, 1.165) is 16.7 Å². The van der Waals surface area contributed by atoms with E-state index in [9.17, 15) is 14.7 Å². The van der Waals surface area contributed by atoms with Crippen LogP contribution >= 0.6 is 0 Å². The van der Waals surface area contributed by atoms with Crippen molar-refractivity contribution in [1.82, 2.24) is 10.6 Å². The predicted octanol–water partition coefficient (Wildman–Crippen LogP) is 1.88. The highest BCUT2D eigenvalue weighted by Crippen LogP contribution is 2.16. The van der Waals surface area contributed by atoms with Crippen molar-refractivity contribution in [3.05, 3.63) is 70.8 Å². The fourth-order valence-electron chi connectivity index (χ4n) is 2.39. The van der Waals surface area contributed by atoms with Crippen molar-refractivity contribution in [3.8, 4) is 0 Å². The third kappa shape index (κ3) is 4.93. The molecule has 0 aromatic heterocycles. The van der Waals surface area contributed by atoms with Crippen molar-refractivity contribution in [2.24, 2.45) is 0 Å². The highest BCUT2D eigenvalue weighted by Gasteiger charge is 2.12. The van der Waals surface area contributed by atoms with E-state index in [1.165, 1.54) is 0 Å². The van der Waals surface area contributed by atoms with Crippen LogP contribution in [0.4, 0.5) is 0 Å². The predicted molar refractivity (Wildman–Crippen MR) is 92.7 cm³/mol. The molecule has 5 nitrogen and oxygen atoms in total. The molecule has 2 aromatic rings. The van der Waals surface area contributed by atoms with Gasteiger partial charge in [0.1, 0.15) is 0 Å². The minimum Gasteiger partial charge on any atom is -0.387 e. The summed E-state index contributed by atoms with van der Waals surface area (Å²) in [5, 5.41) is 15.3. The monoisotopic (exact) mass is 326 g/mol. The molecule has 1 unspecified atom stereocenters. The number of aliphatic hydroxyl groups is 1. The Hall–Kier alpha value is -2.66. The first-order valence-corrected chi connectivity index (χ1v) is 7.82. The lowest BCUT2D eigenvalue weighted by Gasteiger charge is -2.14. The minimum absolute atomic E-state index is 0.101. The van der Waals surface area contributed by atoms with Crippen molar-refractivity contribution in [2.45, 2.75) is 20.0 Å². The lowest BCUT2D eigenvalue weighted by atomic mass is 10.0. The van der Waals surface area contributed by atoms with Crippen LogP contribution in [-0.4, -0.2) is 30.0 Å². The van der Waals surface area contributed by atoms with E-state index in [1.54, 1.807) is 18.2 Å². The summed E-state index contributed by atoms with van der Waals surface area (Å²) in [5.74, 6) is -0.642. The molecule has 2 aromatic carbocycles. The van der Waals surface area contributed by atoms with Gasteiger partial charge < -0.3 is 15.7 Å². The van der Waals surface area contributed by atoms with Crippen LogP contribution in [0.3, 0.4) is 0 Å². The molecule has 0 saturated heterocycles. The molecule has 24 heavy (non-hydrogen) atoms. The van der Waals surface area contributed by atoms with Gasteiger partial charge in [-0.05, 0) is 37.1 Å². The third-order valence-corrected chi connectivity index (χ3v) is 3.73. The first kappa shape index (κ1) is 17.7. The van der Waals surface area contributed by atoms with E-state index >= 15 is 0 Å². The van der Waals surface area contributed by atoms with Gasteiger partial charge in [0.05, 0.1) is 12.6 Å². The van der Waals surface area contributed by atoms with Gasteiger partial charge in [0.2, 0.25) is 5.91 Å². The van der Waals surface area contributed by atoms with Gasteiger partial charge in [0.25, 0.3) is 5.91 Å². The fourth-order valence-corrected chi connectivity index (χ4v) is 2.39. The molecule has 0 aliphatic heterocycles. The average molecular weight is 326 g/mol. The Morgan fingerprint density at radius 3 is 2.50 bits per heavy atom. The molecule has 2 amide bonds. The Morgan fingerprint density at radius 2 is 1.79 bits per heavy atom. The lowest BCUT2D eigenvalue weighted by molar-refractivity contribution is -0.120. The van der Waals surface area contributed by atoms with Crippen molar-refractivity contribution in [3.63, 3.8) is 0 Å². The largest absolute Gasteiger partial charge is 0.387 e. The first-order valence-electron chi connectivity index (χ1n) is 7.82. The number of rotatable bonds is 6. The maximum Gasteiger partial charge on any atom is 0.251 e.